The molecule has 0 fully saturated rings. The first-order valence-corrected chi connectivity index (χ1v) is 10.3. The average molecular weight is 425 g/mol. The molecule has 158 valence electrons. The molecule has 0 bridgehead atoms. The first kappa shape index (κ1) is 22.4. The summed E-state index contributed by atoms with van der Waals surface area (Å²) < 4.78 is 36.9. The first-order chi connectivity index (χ1) is 13.6. The van der Waals surface area contributed by atoms with Gasteiger partial charge < -0.3 is 20.1 Å². The summed E-state index contributed by atoms with van der Waals surface area (Å²) in [5, 5.41) is 4.82. The fraction of sp³-hybridized carbons (Fsp3) is 0.389. The van der Waals surface area contributed by atoms with E-state index in [0.29, 0.717) is 0 Å². The van der Waals surface area contributed by atoms with Crippen LogP contribution in [-0.2, 0) is 29.1 Å². The first-order valence-electron chi connectivity index (χ1n) is 8.83. The van der Waals surface area contributed by atoms with E-state index in [1.165, 1.54) is 19.1 Å². The highest BCUT2D eigenvalue weighted by atomic mass is 32.2. The van der Waals surface area contributed by atoms with Gasteiger partial charge in [-0.15, -0.1) is 0 Å². The number of carbonyl (C=O) groups excluding carboxylic acids is 3. The lowest BCUT2D eigenvalue weighted by molar-refractivity contribution is -0.145. The molecule has 29 heavy (non-hydrogen) atoms. The molecular formula is C18H23N3O7S. The van der Waals surface area contributed by atoms with Gasteiger partial charge in [0.1, 0.15) is 12.6 Å². The van der Waals surface area contributed by atoms with E-state index < -0.39 is 40.6 Å². The van der Waals surface area contributed by atoms with Crippen LogP contribution in [0.2, 0.25) is 0 Å². The predicted molar refractivity (Wildman–Crippen MR) is 102 cm³/mol. The monoisotopic (exact) mass is 425 g/mol. The van der Waals surface area contributed by atoms with Gasteiger partial charge in [-0.05, 0) is 32.9 Å². The molecule has 1 heterocycles. The van der Waals surface area contributed by atoms with E-state index in [0.717, 1.165) is 5.56 Å². The smallest absolute Gasteiger partial charge is 0.337 e. The number of hydrogen-bond acceptors (Lipinski definition) is 7. The molecule has 11 heteroatoms. The fourth-order valence-electron chi connectivity index (χ4n) is 2.40. The van der Waals surface area contributed by atoms with E-state index in [-0.39, 0.29) is 29.3 Å². The van der Waals surface area contributed by atoms with Crippen molar-refractivity contribution in [1.82, 2.24) is 15.4 Å². The van der Waals surface area contributed by atoms with Crippen molar-refractivity contribution >= 4 is 28.0 Å². The van der Waals surface area contributed by atoms with Crippen LogP contribution in [0.3, 0.4) is 0 Å². The van der Waals surface area contributed by atoms with Crippen LogP contribution in [0.1, 0.15) is 19.4 Å². The summed E-state index contributed by atoms with van der Waals surface area (Å²) in [4.78, 5) is 35.7. The zero-order valence-corrected chi connectivity index (χ0v) is 17.1. The summed E-state index contributed by atoms with van der Waals surface area (Å²) in [5.74, 6) is -1.52. The third-order valence-corrected chi connectivity index (χ3v) is 5.51. The largest absolute Gasteiger partial charge is 0.463 e. The fourth-order valence-corrected chi connectivity index (χ4v) is 3.60. The Bertz CT molecular complexity index is 923. The second-order valence-electron chi connectivity index (χ2n) is 6.25. The number of hydrogen-bond donors (Lipinski definition) is 3. The second-order valence-corrected chi connectivity index (χ2v) is 7.96. The van der Waals surface area contributed by atoms with Crippen molar-refractivity contribution in [1.29, 1.82) is 0 Å². The van der Waals surface area contributed by atoms with Crippen molar-refractivity contribution in [2.75, 3.05) is 19.8 Å². The second kappa shape index (κ2) is 9.52. The van der Waals surface area contributed by atoms with E-state index in [1.54, 1.807) is 19.1 Å². The Labute approximate surface area is 168 Å². The van der Waals surface area contributed by atoms with E-state index >= 15 is 0 Å². The van der Waals surface area contributed by atoms with Gasteiger partial charge in [-0.3, -0.25) is 4.79 Å². The normalized spacial score (nSPS) is 15.2. The lowest BCUT2D eigenvalue weighted by Gasteiger charge is -2.21. The molecule has 1 atom stereocenters. The van der Waals surface area contributed by atoms with Gasteiger partial charge in [-0.25, -0.2) is 18.0 Å². The molecule has 3 N–H and O–H groups in total. The number of ether oxygens (including phenoxy) is 2. The molecule has 1 aromatic carbocycles. The van der Waals surface area contributed by atoms with Crippen LogP contribution in [0.25, 0.3) is 0 Å². The lowest BCUT2D eigenvalue weighted by atomic mass is 10.1. The molecule has 0 spiro atoms. The summed E-state index contributed by atoms with van der Waals surface area (Å²) in [7, 11) is -3.92. The Balaban J connectivity index is 2.03. The Morgan fingerprint density at radius 3 is 2.48 bits per heavy atom. The molecule has 1 aliphatic rings. The minimum absolute atomic E-state index is 0.0145. The van der Waals surface area contributed by atoms with Crippen LogP contribution in [0, 0.1) is 6.92 Å². The molecular weight excluding hydrogens is 402 g/mol. The minimum Gasteiger partial charge on any atom is -0.463 e. The van der Waals surface area contributed by atoms with Gasteiger partial charge in [0.05, 0.1) is 29.3 Å². The number of benzene rings is 1. The zero-order valence-electron chi connectivity index (χ0n) is 16.3. The number of nitrogens with one attached hydrogen (secondary N) is 3. The maximum absolute atomic E-state index is 12.4. The highest BCUT2D eigenvalue weighted by Crippen LogP contribution is 2.12. The molecule has 0 radical (unpaired) electrons. The molecule has 0 aliphatic carbocycles. The highest BCUT2D eigenvalue weighted by molar-refractivity contribution is 7.89. The molecule has 0 saturated carbocycles. The average Bonchev–Trinajstić information content (AvgIpc) is 2.66. The third kappa shape index (κ3) is 6.03. The highest BCUT2D eigenvalue weighted by Gasteiger charge is 2.27. The number of carbonyl (C=O) groups is 3. The number of urea groups is 1. The van der Waals surface area contributed by atoms with Gasteiger partial charge >= 0.3 is 18.0 Å². The van der Waals surface area contributed by atoms with Gasteiger partial charge in [-0.2, -0.15) is 4.72 Å². The van der Waals surface area contributed by atoms with Gasteiger partial charge in [0, 0.05) is 0 Å². The molecule has 1 aromatic rings. The number of esters is 2. The van der Waals surface area contributed by atoms with Crippen molar-refractivity contribution in [3.8, 4) is 0 Å². The van der Waals surface area contributed by atoms with Gasteiger partial charge in [0.15, 0.2) is 0 Å². The number of amides is 2. The molecule has 2 amide bonds. The molecule has 0 aromatic heterocycles. The van der Waals surface area contributed by atoms with Crippen molar-refractivity contribution in [2.24, 2.45) is 0 Å². The number of aryl methyl sites for hydroxylation is 1. The van der Waals surface area contributed by atoms with Crippen LogP contribution < -0.4 is 15.4 Å². The summed E-state index contributed by atoms with van der Waals surface area (Å²) in [6, 6.07) is 4.39. The van der Waals surface area contributed by atoms with Gasteiger partial charge in [-0.1, -0.05) is 17.7 Å². The van der Waals surface area contributed by atoms with Gasteiger partial charge in [0.25, 0.3) is 0 Å². The van der Waals surface area contributed by atoms with Crippen LogP contribution in [0.4, 0.5) is 4.79 Å². The molecule has 0 saturated heterocycles. The molecule has 10 nitrogen and oxygen atoms in total. The quantitative estimate of drug-likeness (QED) is 0.510. The third-order valence-electron chi connectivity index (χ3n) is 3.95. The van der Waals surface area contributed by atoms with Crippen LogP contribution in [-0.4, -0.2) is 52.2 Å². The van der Waals surface area contributed by atoms with E-state index in [2.05, 4.69) is 15.4 Å². The zero-order chi connectivity index (χ0) is 21.6. The Morgan fingerprint density at radius 2 is 1.86 bits per heavy atom. The number of rotatable bonds is 8. The van der Waals surface area contributed by atoms with Crippen molar-refractivity contribution in [3.05, 3.63) is 41.1 Å². The molecule has 1 aliphatic heterocycles. The van der Waals surface area contributed by atoms with Crippen LogP contribution in [0.5, 0.6) is 0 Å². The Kier molecular flexibility index (Phi) is 7.35. The minimum atomic E-state index is -3.92. The standard InChI is InChI=1S/C18H23N3O7S/c1-4-27-17(23)14-9-19-18(24)20-15(14)10-28-16(22)12(3)21-29(25,26)13-7-5-11(2)6-8-13/h5-8,12,21H,4,9-10H2,1-3H3,(H2,19,20,24). The van der Waals surface area contributed by atoms with Crippen LogP contribution in [0.15, 0.2) is 40.4 Å². The maximum atomic E-state index is 12.4. The summed E-state index contributed by atoms with van der Waals surface area (Å²) in [5.41, 5.74) is 1.09. The number of sulfonamides is 1. The molecule has 1 unspecified atom stereocenters. The lowest BCUT2D eigenvalue weighted by Crippen LogP contribution is -2.46. The molecule has 2 rings (SSSR count). The van der Waals surface area contributed by atoms with Gasteiger partial charge in [0.2, 0.25) is 10.0 Å². The predicted octanol–water partition coefficient (Wildman–Crippen LogP) is 0.335. The maximum Gasteiger partial charge on any atom is 0.337 e. The summed E-state index contributed by atoms with van der Waals surface area (Å²) >= 11 is 0. The van der Waals surface area contributed by atoms with E-state index in [1.807, 2.05) is 6.92 Å². The Morgan fingerprint density at radius 1 is 1.21 bits per heavy atom. The van der Waals surface area contributed by atoms with Crippen molar-refractivity contribution < 1.29 is 32.3 Å². The Hall–Kier alpha value is -2.92. The van der Waals surface area contributed by atoms with E-state index in [9.17, 15) is 22.8 Å². The SMILES string of the molecule is CCOC(=O)C1=C(COC(=O)C(C)NS(=O)(=O)c2ccc(C)cc2)NC(=O)NC1. The van der Waals surface area contributed by atoms with Crippen molar-refractivity contribution in [2.45, 2.75) is 31.7 Å². The topological polar surface area (TPSA) is 140 Å². The summed E-state index contributed by atoms with van der Waals surface area (Å²) in [6.45, 7) is 4.43. The van der Waals surface area contributed by atoms with Crippen molar-refractivity contribution in [3.63, 3.8) is 0 Å². The van der Waals surface area contributed by atoms with Crippen LogP contribution >= 0.6 is 0 Å². The van der Waals surface area contributed by atoms with E-state index in [4.69, 9.17) is 9.47 Å². The summed E-state index contributed by atoms with van der Waals surface area (Å²) in [6.07, 6.45) is 0.